The molecule has 6 nitrogen and oxygen atoms in total. The molecule has 7 heteroatoms. The van der Waals surface area contributed by atoms with Gasteiger partial charge in [0.25, 0.3) is 5.91 Å². The van der Waals surface area contributed by atoms with Crippen molar-refractivity contribution in [2.24, 2.45) is 5.10 Å². The van der Waals surface area contributed by atoms with Gasteiger partial charge < -0.3 is 14.6 Å². The summed E-state index contributed by atoms with van der Waals surface area (Å²) >= 11 is 3.45. The maximum Gasteiger partial charge on any atom is 0.277 e. The van der Waals surface area contributed by atoms with Crippen molar-refractivity contribution < 1.29 is 19.4 Å². The van der Waals surface area contributed by atoms with Gasteiger partial charge in [-0.2, -0.15) is 5.10 Å². The molecular formula is C19H21BrN2O4. The van der Waals surface area contributed by atoms with Crippen LogP contribution in [-0.4, -0.2) is 30.9 Å². The third-order valence-electron chi connectivity index (χ3n) is 3.59. The summed E-state index contributed by atoms with van der Waals surface area (Å²) in [5.74, 6) is 0.984. The molecule has 0 fully saturated rings. The molecule has 0 aromatic heterocycles. The number of rotatable bonds is 7. The first-order valence-corrected chi connectivity index (χ1v) is 8.81. The minimum Gasteiger partial charge on any atom is -0.504 e. The van der Waals surface area contributed by atoms with Crippen LogP contribution in [0.4, 0.5) is 0 Å². The average molecular weight is 421 g/mol. The van der Waals surface area contributed by atoms with Crippen molar-refractivity contribution in [2.75, 3.05) is 13.7 Å². The minimum absolute atomic E-state index is 0.000745. The van der Waals surface area contributed by atoms with Crippen LogP contribution in [0, 0.1) is 0 Å². The number of nitrogens with one attached hydrogen (secondary N) is 1. The number of hydrogen-bond donors (Lipinski definition) is 2. The minimum atomic E-state index is -0.390. The fourth-order valence-electron chi connectivity index (χ4n) is 2.13. The molecule has 0 bridgehead atoms. The summed E-state index contributed by atoms with van der Waals surface area (Å²) < 4.78 is 11.3. The van der Waals surface area contributed by atoms with Gasteiger partial charge in [-0.15, -0.1) is 0 Å². The predicted octanol–water partition coefficient (Wildman–Crippen LogP) is 3.82. The Bertz CT molecular complexity index is 806. The summed E-state index contributed by atoms with van der Waals surface area (Å²) in [6.45, 7) is 4.05. The second-order valence-corrected chi connectivity index (χ2v) is 6.71. The topological polar surface area (TPSA) is 80.2 Å². The van der Waals surface area contributed by atoms with Gasteiger partial charge in [0.05, 0.1) is 17.8 Å². The fourth-order valence-corrected chi connectivity index (χ4v) is 2.65. The molecule has 0 atom stereocenters. The molecule has 1 amide bonds. The molecular weight excluding hydrogens is 400 g/mol. The van der Waals surface area contributed by atoms with Crippen LogP contribution >= 0.6 is 15.9 Å². The highest BCUT2D eigenvalue weighted by Crippen LogP contribution is 2.29. The Balaban J connectivity index is 1.86. The van der Waals surface area contributed by atoms with Crippen molar-refractivity contribution in [3.63, 3.8) is 0 Å². The number of carbonyl (C=O) groups excluding carboxylic acids is 1. The van der Waals surface area contributed by atoms with Crippen LogP contribution in [0.2, 0.25) is 0 Å². The van der Waals surface area contributed by atoms with Crippen LogP contribution in [-0.2, 0) is 4.79 Å². The first kappa shape index (κ1) is 19.8. The monoisotopic (exact) mass is 420 g/mol. The summed E-state index contributed by atoms with van der Waals surface area (Å²) in [6.07, 6.45) is 1.42. The van der Waals surface area contributed by atoms with Gasteiger partial charge in [0, 0.05) is 0 Å². The number of methoxy groups -OCH3 is 1. The quantitative estimate of drug-likeness (QED) is 0.526. The van der Waals surface area contributed by atoms with Gasteiger partial charge in [-0.1, -0.05) is 19.9 Å². The van der Waals surface area contributed by atoms with Crippen molar-refractivity contribution in [2.45, 2.75) is 19.8 Å². The first-order valence-electron chi connectivity index (χ1n) is 8.02. The van der Waals surface area contributed by atoms with Crippen molar-refractivity contribution in [3.8, 4) is 17.2 Å². The number of nitrogens with zero attached hydrogens (tertiary/aromatic N) is 1. The zero-order chi connectivity index (χ0) is 19.1. The van der Waals surface area contributed by atoms with Crippen LogP contribution < -0.4 is 14.9 Å². The summed E-state index contributed by atoms with van der Waals surface area (Å²) in [7, 11) is 1.47. The van der Waals surface area contributed by atoms with E-state index in [-0.39, 0.29) is 18.3 Å². The summed E-state index contributed by atoms with van der Waals surface area (Å²) in [5.41, 5.74) is 4.18. The number of hydrogen-bond acceptors (Lipinski definition) is 5. The van der Waals surface area contributed by atoms with E-state index >= 15 is 0 Å². The van der Waals surface area contributed by atoms with E-state index in [1.165, 1.54) is 25.0 Å². The van der Waals surface area contributed by atoms with Gasteiger partial charge in [0.1, 0.15) is 5.75 Å². The van der Waals surface area contributed by atoms with Gasteiger partial charge in [-0.05, 0) is 63.3 Å². The summed E-state index contributed by atoms with van der Waals surface area (Å²) in [6, 6.07) is 10.6. The van der Waals surface area contributed by atoms with E-state index in [1.807, 2.05) is 18.2 Å². The number of hydrazone groups is 1. The fraction of sp³-hybridized carbons (Fsp3) is 0.263. The van der Waals surface area contributed by atoms with E-state index in [4.69, 9.17) is 9.47 Å². The predicted molar refractivity (Wildman–Crippen MR) is 104 cm³/mol. The normalized spacial score (nSPS) is 11.0. The molecule has 2 aromatic carbocycles. The van der Waals surface area contributed by atoms with Gasteiger partial charge in [-0.3, -0.25) is 4.79 Å². The summed E-state index contributed by atoms with van der Waals surface area (Å²) in [5, 5.41) is 13.5. The second kappa shape index (κ2) is 9.24. The van der Waals surface area contributed by atoms with Gasteiger partial charge in [-0.25, -0.2) is 5.43 Å². The number of carbonyl (C=O) groups is 1. The zero-order valence-corrected chi connectivity index (χ0v) is 16.4. The third kappa shape index (κ3) is 5.49. The van der Waals surface area contributed by atoms with E-state index in [0.29, 0.717) is 23.0 Å². The largest absolute Gasteiger partial charge is 0.504 e. The van der Waals surface area contributed by atoms with E-state index in [0.717, 1.165) is 4.47 Å². The number of phenolic OH excluding ortho intramolecular Hbond substituents is 1. The lowest BCUT2D eigenvalue weighted by Gasteiger charge is -2.10. The lowest BCUT2D eigenvalue weighted by molar-refractivity contribution is -0.123. The zero-order valence-electron chi connectivity index (χ0n) is 14.8. The molecule has 138 valence electrons. The molecule has 0 spiro atoms. The molecule has 2 rings (SSSR count). The van der Waals surface area contributed by atoms with Crippen LogP contribution in [0.5, 0.6) is 17.2 Å². The maximum absolute atomic E-state index is 11.8. The lowest BCUT2D eigenvalue weighted by atomic mass is 10.0. The van der Waals surface area contributed by atoms with Crippen molar-refractivity contribution in [3.05, 3.63) is 52.0 Å². The Morgan fingerprint density at radius 2 is 2.00 bits per heavy atom. The molecule has 26 heavy (non-hydrogen) atoms. The highest BCUT2D eigenvalue weighted by molar-refractivity contribution is 9.10. The summed E-state index contributed by atoms with van der Waals surface area (Å²) in [4.78, 5) is 11.8. The molecule has 0 saturated heterocycles. The molecule has 2 aromatic rings. The molecule has 0 unspecified atom stereocenters. The van der Waals surface area contributed by atoms with E-state index < -0.39 is 0 Å². The third-order valence-corrected chi connectivity index (χ3v) is 4.21. The van der Waals surface area contributed by atoms with Gasteiger partial charge in [0.15, 0.2) is 18.1 Å². The molecule has 0 aliphatic heterocycles. The standard InChI is InChI=1S/C19H21BrN2O4/c1-12(2)14-5-7-17(15(20)9-14)26-11-19(24)22-21-10-13-4-6-18(25-3)16(23)8-13/h4-10,12,23H,11H2,1-3H3,(H,22,24)/b21-10+. The number of amides is 1. The van der Waals surface area contributed by atoms with E-state index in [9.17, 15) is 9.90 Å². The molecule has 0 heterocycles. The highest BCUT2D eigenvalue weighted by atomic mass is 79.9. The number of benzene rings is 2. The van der Waals surface area contributed by atoms with Crippen LogP contribution in [0.15, 0.2) is 46.0 Å². The number of halogens is 1. The first-order chi connectivity index (χ1) is 12.4. The van der Waals surface area contributed by atoms with Crippen molar-refractivity contribution in [1.29, 1.82) is 0 Å². The Kier molecular flexibility index (Phi) is 7.03. The Morgan fingerprint density at radius 3 is 2.62 bits per heavy atom. The van der Waals surface area contributed by atoms with Gasteiger partial charge >= 0.3 is 0 Å². The van der Waals surface area contributed by atoms with Crippen LogP contribution in [0.1, 0.15) is 30.9 Å². The van der Waals surface area contributed by atoms with E-state index in [2.05, 4.69) is 40.3 Å². The van der Waals surface area contributed by atoms with Crippen LogP contribution in [0.3, 0.4) is 0 Å². The van der Waals surface area contributed by atoms with Crippen LogP contribution in [0.25, 0.3) is 0 Å². The SMILES string of the molecule is COc1ccc(/C=N/NC(=O)COc2ccc(C(C)C)cc2Br)cc1O. The Hall–Kier alpha value is -2.54. The van der Waals surface area contributed by atoms with E-state index in [1.54, 1.807) is 12.1 Å². The molecule has 0 saturated carbocycles. The number of phenols is 1. The van der Waals surface area contributed by atoms with Gasteiger partial charge in [0.2, 0.25) is 0 Å². The number of aromatic hydroxyl groups is 1. The number of ether oxygens (including phenoxy) is 2. The van der Waals surface area contributed by atoms with Crippen molar-refractivity contribution in [1.82, 2.24) is 5.43 Å². The molecule has 0 aliphatic rings. The highest BCUT2D eigenvalue weighted by Gasteiger charge is 2.08. The molecule has 0 radical (unpaired) electrons. The Morgan fingerprint density at radius 1 is 1.27 bits per heavy atom. The average Bonchev–Trinajstić information content (AvgIpc) is 2.60. The smallest absolute Gasteiger partial charge is 0.277 e. The molecule has 2 N–H and O–H groups in total. The Labute approximate surface area is 161 Å². The van der Waals surface area contributed by atoms with Crippen molar-refractivity contribution >= 4 is 28.1 Å². The molecule has 0 aliphatic carbocycles. The second-order valence-electron chi connectivity index (χ2n) is 5.86. The lowest BCUT2D eigenvalue weighted by Crippen LogP contribution is -2.24. The maximum atomic E-state index is 11.8.